The number of unbranched alkanes of at least 4 members (excludes halogenated alkanes) is 4. The maximum Gasteiger partial charge on any atom is 0.223 e. The van der Waals surface area contributed by atoms with E-state index in [0.29, 0.717) is 37.5 Å². The van der Waals surface area contributed by atoms with Crippen LogP contribution in [0.1, 0.15) is 77.7 Å². The largest absolute Gasteiger partial charge is 0.463 e. The van der Waals surface area contributed by atoms with Crippen molar-refractivity contribution < 1.29 is 44.0 Å². The number of hydrogen-bond acceptors (Lipinski definition) is 9. The Morgan fingerprint density at radius 2 is 1.56 bits per heavy atom. The Balaban J connectivity index is 1.81. The maximum absolute atomic E-state index is 12.6. The fraction of sp³-hybridized carbons (Fsp3) is 0.667. The van der Waals surface area contributed by atoms with Gasteiger partial charge in [-0.3, -0.25) is 19.2 Å². The quantitative estimate of drug-likeness (QED) is 0.190. The van der Waals surface area contributed by atoms with Gasteiger partial charge in [-0.15, -0.1) is 0 Å². The SMILES string of the molecule is CCC(=O)CCCCCCCN(CCC(=O)Cc1ccc(OC2OC(CO)C(O)C(O)C2NC(C)=O)cc1)C(C)=O. The normalized spacial score (nSPS) is 22.1. The minimum Gasteiger partial charge on any atom is -0.463 e. The van der Waals surface area contributed by atoms with E-state index in [4.69, 9.17) is 9.47 Å². The fourth-order valence-electron chi connectivity index (χ4n) is 4.73. The predicted molar refractivity (Wildman–Crippen MR) is 151 cm³/mol. The zero-order valence-electron chi connectivity index (χ0n) is 24.4. The molecule has 0 aliphatic carbocycles. The van der Waals surface area contributed by atoms with E-state index < -0.39 is 43.2 Å². The molecule has 2 amide bonds. The molecule has 2 rings (SSSR count). The molecule has 1 aromatic rings. The Hall–Kier alpha value is -2.86. The van der Waals surface area contributed by atoms with Crippen molar-refractivity contribution in [2.24, 2.45) is 0 Å². The topological polar surface area (TPSA) is 163 Å². The summed E-state index contributed by atoms with van der Waals surface area (Å²) in [6.45, 7) is 5.07. The smallest absolute Gasteiger partial charge is 0.223 e. The first-order valence-corrected chi connectivity index (χ1v) is 14.5. The van der Waals surface area contributed by atoms with Crippen molar-refractivity contribution in [2.75, 3.05) is 19.7 Å². The van der Waals surface area contributed by atoms with E-state index in [0.717, 1.165) is 37.7 Å². The van der Waals surface area contributed by atoms with Crippen LogP contribution in [-0.4, -0.2) is 93.9 Å². The molecule has 11 nitrogen and oxygen atoms in total. The highest BCUT2D eigenvalue weighted by Gasteiger charge is 2.46. The van der Waals surface area contributed by atoms with Crippen molar-refractivity contribution in [3.63, 3.8) is 0 Å². The molecule has 0 spiro atoms. The van der Waals surface area contributed by atoms with E-state index in [-0.39, 0.29) is 24.5 Å². The Morgan fingerprint density at radius 3 is 2.17 bits per heavy atom. The summed E-state index contributed by atoms with van der Waals surface area (Å²) in [7, 11) is 0. The van der Waals surface area contributed by atoms with Gasteiger partial charge in [-0.1, -0.05) is 38.3 Å². The van der Waals surface area contributed by atoms with E-state index in [1.54, 1.807) is 29.2 Å². The summed E-state index contributed by atoms with van der Waals surface area (Å²) < 4.78 is 11.4. The second-order valence-electron chi connectivity index (χ2n) is 10.6. The van der Waals surface area contributed by atoms with Crippen LogP contribution in [0.3, 0.4) is 0 Å². The van der Waals surface area contributed by atoms with Gasteiger partial charge in [0.05, 0.1) is 6.61 Å². The van der Waals surface area contributed by atoms with Crippen LogP contribution in [0.2, 0.25) is 0 Å². The van der Waals surface area contributed by atoms with Gasteiger partial charge in [-0.25, -0.2) is 0 Å². The Kier molecular flexibility index (Phi) is 14.9. The lowest BCUT2D eigenvalue weighted by Gasteiger charge is -2.42. The van der Waals surface area contributed by atoms with Gasteiger partial charge in [0.1, 0.15) is 41.7 Å². The molecule has 230 valence electrons. The third kappa shape index (κ3) is 11.9. The number of Topliss-reactive ketones (excluding diaryl/α,β-unsaturated/α-hetero) is 2. The summed E-state index contributed by atoms with van der Waals surface area (Å²) in [5, 5.41) is 32.5. The van der Waals surface area contributed by atoms with Crippen LogP contribution < -0.4 is 10.1 Å². The number of ether oxygens (including phenoxy) is 2. The molecule has 41 heavy (non-hydrogen) atoms. The summed E-state index contributed by atoms with van der Waals surface area (Å²) in [5.74, 6) is 0.133. The molecule has 1 fully saturated rings. The van der Waals surface area contributed by atoms with Gasteiger partial charge in [0.2, 0.25) is 18.1 Å². The number of carbonyl (C=O) groups excluding carboxylic acids is 4. The number of rotatable bonds is 18. The van der Waals surface area contributed by atoms with Gasteiger partial charge in [0, 0.05) is 52.6 Å². The average molecular weight is 579 g/mol. The van der Waals surface area contributed by atoms with Crippen LogP contribution in [0.4, 0.5) is 0 Å². The van der Waals surface area contributed by atoms with Gasteiger partial charge in [-0.05, 0) is 30.5 Å². The molecule has 11 heteroatoms. The molecule has 0 aromatic heterocycles. The number of hydrogen-bond donors (Lipinski definition) is 4. The maximum atomic E-state index is 12.6. The van der Waals surface area contributed by atoms with E-state index in [9.17, 15) is 34.5 Å². The van der Waals surface area contributed by atoms with Gasteiger partial charge < -0.3 is 35.0 Å². The number of benzene rings is 1. The molecule has 1 aliphatic rings. The van der Waals surface area contributed by atoms with E-state index in [1.165, 1.54) is 13.8 Å². The van der Waals surface area contributed by atoms with Gasteiger partial charge in [0.25, 0.3) is 0 Å². The highest BCUT2D eigenvalue weighted by molar-refractivity contribution is 5.82. The van der Waals surface area contributed by atoms with Crippen molar-refractivity contribution in [3.8, 4) is 5.75 Å². The van der Waals surface area contributed by atoms with Gasteiger partial charge in [-0.2, -0.15) is 0 Å². The summed E-state index contributed by atoms with van der Waals surface area (Å²) >= 11 is 0. The molecule has 5 unspecified atom stereocenters. The number of aliphatic hydroxyl groups excluding tert-OH is 3. The second-order valence-corrected chi connectivity index (χ2v) is 10.6. The van der Waals surface area contributed by atoms with Gasteiger partial charge >= 0.3 is 0 Å². The van der Waals surface area contributed by atoms with Crippen LogP contribution in [0.25, 0.3) is 0 Å². The summed E-state index contributed by atoms with van der Waals surface area (Å²) in [4.78, 5) is 49.3. The summed E-state index contributed by atoms with van der Waals surface area (Å²) in [6.07, 6.45) is 1.37. The van der Waals surface area contributed by atoms with Crippen molar-refractivity contribution in [1.82, 2.24) is 10.2 Å². The minimum atomic E-state index is -1.41. The number of ketones is 2. The lowest BCUT2D eigenvalue weighted by atomic mass is 9.97. The monoisotopic (exact) mass is 578 g/mol. The Morgan fingerprint density at radius 1 is 0.902 bits per heavy atom. The third-order valence-electron chi connectivity index (χ3n) is 7.21. The zero-order chi connectivity index (χ0) is 30.4. The molecule has 1 heterocycles. The molecule has 0 radical (unpaired) electrons. The lowest BCUT2D eigenvalue weighted by Crippen LogP contribution is -2.65. The molecule has 4 N–H and O–H groups in total. The van der Waals surface area contributed by atoms with Gasteiger partial charge in [0.15, 0.2) is 0 Å². The van der Waals surface area contributed by atoms with E-state index >= 15 is 0 Å². The molecule has 1 aromatic carbocycles. The number of aliphatic hydroxyl groups is 3. The lowest BCUT2D eigenvalue weighted by molar-refractivity contribution is -0.244. The molecular weight excluding hydrogens is 532 g/mol. The molecular formula is C30H46N2O9. The van der Waals surface area contributed by atoms with Crippen molar-refractivity contribution in [3.05, 3.63) is 29.8 Å². The molecule has 1 aliphatic heterocycles. The van der Waals surface area contributed by atoms with Crippen LogP contribution in [-0.2, 0) is 30.3 Å². The zero-order valence-corrected chi connectivity index (χ0v) is 24.4. The Bertz CT molecular complexity index is 985. The highest BCUT2D eigenvalue weighted by Crippen LogP contribution is 2.25. The summed E-state index contributed by atoms with van der Waals surface area (Å²) in [5.41, 5.74) is 0.755. The average Bonchev–Trinajstić information content (AvgIpc) is 2.94. The molecule has 0 saturated carbocycles. The van der Waals surface area contributed by atoms with Crippen LogP contribution in [0.15, 0.2) is 24.3 Å². The Labute approximate surface area is 242 Å². The van der Waals surface area contributed by atoms with Crippen LogP contribution >= 0.6 is 0 Å². The number of amides is 2. The molecule has 1 saturated heterocycles. The second kappa shape index (κ2) is 17.8. The van der Waals surface area contributed by atoms with Crippen molar-refractivity contribution in [2.45, 2.75) is 109 Å². The fourth-order valence-corrected chi connectivity index (χ4v) is 4.73. The number of nitrogens with zero attached hydrogens (tertiary/aromatic N) is 1. The molecule has 5 atom stereocenters. The van der Waals surface area contributed by atoms with Crippen molar-refractivity contribution in [1.29, 1.82) is 0 Å². The van der Waals surface area contributed by atoms with Crippen LogP contribution in [0.5, 0.6) is 5.75 Å². The standard InChI is InChI=1S/C30H46N2O9/c1-4-23(36)10-8-6-5-7-9-16-32(21(3)35)17-15-24(37)18-22-11-13-25(14-12-22)40-30-27(31-20(2)34)29(39)28(38)26(19-33)41-30/h11-14,26-30,33,38-39H,4-10,15-19H2,1-3H3,(H,31,34). The number of nitrogens with one attached hydrogen (secondary N) is 1. The van der Waals surface area contributed by atoms with Crippen molar-refractivity contribution >= 4 is 23.4 Å². The number of carbonyl (C=O) groups is 4. The first-order valence-electron chi connectivity index (χ1n) is 14.5. The first kappa shape index (κ1) is 34.3. The van der Waals surface area contributed by atoms with E-state index in [1.807, 2.05) is 6.92 Å². The summed E-state index contributed by atoms with van der Waals surface area (Å²) in [6, 6.07) is 5.63. The predicted octanol–water partition coefficient (Wildman–Crippen LogP) is 1.68. The first-order chi connectivity index (χ1) is 19.5. The van der Waals surface area contributed by atoms with E-state index in [2.05, 4.69) is 5.32 Å². The molecule has 0 bridgehead atoms. The highest BCUT2D eigenvalue weighted by atomic mass is 16.7. The minimum absolute atomic E-state index is 0.00487. The third-order valence-corrected chi connectivity index (χ3v) is 7.21. The van der Waals surface area contributed by atoms with Crippen LogP contribution in [0, 0.1) is 0 Å².